The SMILES string of the molecule is C=CCCCCCC(O)C1(OC)CCCC1. The zero-order valence-corrected chi connectivity index (χ0v) is 10.6. The second kappa shape index (κ2) is 7.08. The third-order valence-electron chi connectivity index (χ3n) is 3.85. The number of ether oxygens (including phenoxy) is 1. The molecule has 2 nitrogen and oxygen atoms in total. The molecule has 1 fully saturated rings. The third kappa shape index (κ3) is 3.60. The number of hydrogen-bond donors (Lipinski definition) is 1. The standard InChI is InChI=1S/C14H26O2/c1-3-4-5-6-7-10-13(15)14(16-2)11-8-9-12-14/h3,13,15H,1,4-12H2,2H3. The van der Waals surface area contributed by atoms with Crippen molar-refractivity contribution < 1.29 is 9.84 Å². The number of rotatable bonds is 8. The fraction of sp³-hybridized carbons (Fsp3) is 0.857. The molecule has 0 spiro atoms. The molecule has 1 rings (SSSR count). The second-order valence-electron chi connectivity index (χ2n) is 4.92. The van der Waals surface area contributed by atoms with Crippen molar-refractivity contribution in [3.8, 4) is 0 Å². The first-order valence-corrected chi connectivity index (χ1v) is 6.59. The predicted octanol–water partition coefficient (Wildman–Crippen LogP) is 3.44. The van der Waals surface area contributed by atoms with Gasteiger partial charge in [0.25, 0.3) is 0 Å². The van der Waals surface area contributed by atoms with Crippen LogP contribution in [0, 0.1) is 0 Å². The Morgan fingerprint density at radius 1 is 1.31 bits per heavy atom. The average molecular weight is 226 g/mol. The topological polar surface area (TPSA) is 29.5 Å². The zero-order valence-electron chi connectivity index (χ0n) is 10.6. The van der Waals surface area contributed by atoms with Gasteiger partial charge in [-0.05, 0) is 32.1 Å². The van der Waals surface area contributed by atoms with E-state index in [2.05, 4.69) is 6.58 Å². The number of aliphatic hydroxyl groups is 1. The summed E-state index contributed by atoms with van der Waals surface area (Å²) in [6.07, 6.45) is 11.6. The summed E-state index contributed by atoms with van der Waals surface area (Å²) >= 11 is 0. The fourth-order valence-electron chi connectivity index (χ4n) is 2.71. The van der Waals surface area contributed by atoms with Crippen molar-refractivity contribution in [3.63, 3.8) is 0 Å². The smallest absolute Gasteiger partial charge is 0.0936 e. The molecule has 0 aromatic heterocycles. The summed E-state index contributed by atoms with van der Waals surface area (Å²) < 4.78 is 5.57. The van der Waals surface area contributed by atoms with Crippen molar-refractivity contribution in [1.29, 1.82) is 0 Å². The van der Waals surface area contributed by atoms with Gasteiger partial charge < -0.3 is 9.84 Å². The van der Waals surface area contributed by atoms with E-state index in [0.29, 0.717) is 0 Å². The van der Waals surface area contributed by atoms with Gasteiger partial charge in [0.05, 0.1) is 11.7 Å². The minimum Gasteiger partial charge on any atom is -0.390 e. The number of methoxy groups -OCH3 is 1. The third-order valence-corrected chi connectivity index (χ3v) is 3.85. The van der Waals surface area contributed by atoms with Crippen LogP contribution in [0.25, 0.3) is 0 Å². The molecular weight excluding hydrogens is 200 g/mol. The minimum absolute atomic E-state index is 0.224. The first-order valence-electron chi connectivity index (χ1n) is 6.59. The molecule has 1 aliphatic carbocycles. The van der Waals surface area contributed by atoms with E-state index in [0.717, 1.165) is 32.1 Å². The highest BCUT2D eigenvalue weighted by molar-refractivity contribution is 4.92. The lowest BCUT2D eigenvalue weighted by Crippen LogP contribution is -2.41. The van der Waals surface area contributed by atoms with Crippen LogP contribution in [-0.2, 0) is 4.74 Å². The second-order valence-corrected chi connectivity index (χ2v) is 4.92. The molecular formula is C14H26O2. The zero-order chi connectivity index (χ0) is 11.9. The lowest BCUT2D eigenvalue weighted by atomic mass is 9.90. The number of allylic oxidation sites excluding steroid dienone is 1. The Kier molecular flexibility index (Phi) is 6.07. The van der Waals surface area contributed by atoms with Crippen molar-refractivity contribution in [3.05, 3.63) is 12.7 Å². The lowest BCUT2D eigenvalue weighted by Gasteiger charge is -2.32. The van der Waals surface area contributed by atoms with Crippen LogP contribution in [0.3, 0.4) is 0 Å². The largest absolute Gasteiger partial charge is 0.390 e. The maximum Gasteiger partial charge on any atom is 0.0936 e. The van der Waals surface area contributed by atoms with E-state index in [1.165, 1.54) is 25.7 Å². The molecule has 1 atom stereocenters. The van der Waals surface area contributed by atoms with Crippen LogP contribution in [0.2, 0.25) is 0 Å². The normalized spacial score (nSPS) is 20.9. The van der Waals surface area contributed by atoms with Crippen molar-refractivity contribution >= 4 is 0 Å². The highest BCUT2D eigenvalue weighted by Gasteiger charge is 2.40. The first-order chi connectivity index (χ1) is 7.75. The van der Waals surface area contributed by atoms with Gasteiger partial charge in [-0.15, -0.1) is 6.58 Å². The van der Waals surface area contributed by atoms with E-state index >= 15 is 0 Å². The summed E-state index contributed by atoms with van der Waals surface area (Å²) in [5.74, 6) is 0. The van der Waals surface area contributed by atoms with Gasteiger partial charge in [-0.3, -0.25) is 0 Å². The Morgan fingerprint density at radius 3 is 2.56 bits per heavy atom. The molecule has 16 heavy (non-hydrogen) atoms. The Morgan fingerprint density at radius 2 is 2.00 bits per heavy atom. The monoisotopic (exact) mass is 226 g/mol. The molecule has 1 unspecified atom stereocenters. The first kappa shape index (κ1) is 13.7. The van der Waals surface area contributed by atoms with E-state index in [-0.39, 0.29) is 11.7 Å². The molecule has 0 radical (unpaired) electrons. The van der Waals surface area contributed by atoms with Gasteiger partial charge >= 0.3 is 0 Å². The Bertz CT molecular complexity index is 195. The molecule has 1 N–H and O–H groups in total. The van der Waals surface area contributed by atoms with Crippen LogP contribution in [-0.4, -0.2) is 23.9 Å². The van der Waals surface area contributed by atoms with Crippen LogP contribution < -0.4 is 0 Å². The Hall–Kier alpha value is -0.340. The molecule has 0 heterocycles. The van der Waals surface area contributed by atoms with E-state index < -0.39 is 0 Å². The fourth-order valence-corrected chi connectivity index (χ4v) is 2.71. The van der Waals surface area contributed by atoms with E-state index in [1.807, 2.05) is 6.08 Å². The summed E-state index contributed by atoms with van der Waals surface area (Å²) in [5, 5.41) is 10.2. The van der Waals surface area contributed by atoms with Gasteiger partial charge in [-0.2, -0.15) is 0 Å². The van der Waals surface area contributed by atoms with Gasteiger partial charge in [0, 0.05) is 7.11 Å². The average Bonchev–Trinajstić information content (AvgIpc) is 2.78. The van der Waals surface area contributed by atoms with E-state index in [9.17, 15) is 5.11 Å². The highest BCUT2D eigenvalue weighted by atomic mass is 16.5. The summed E-state index contributed by atoms with van der Waals surface area (Å²) in [6.45, 7) is 3.71. The van der Waals surface area contributed by atoms with Crippen molar-refractivity contribution in [2.45, 2.75) is 69.5 Å². The van der Waals surface area contributed by atoms with Gasteiger partial charge in [-0.1, -0.05) is 31.8 Å². The lowest BCUT2D eigenvalue weighted by molar-refractivity contribution is -0.101. The number of unbranched alkanes of at least 4 members (excludes halogenated alkanes) is 3. The molecule has 0 bridgehead atoms. The molecule has 1 saturated carbocycles. The molecule has 94 valence electrons. The number of hydrogen-bond acceptors (Lipinski definition) is 2. The molecule has 0 amide bonds. The van der Waals surface area contributed by atoms with Crippen LogP contribution in [0.5, 0.6) is 0 Å². The summed E-state index contributed by atoms with van der Waals surface area (Å²) in [7, 11) is 1.74. The molecule has 0 aromatic rings. The molecule has 2 heteroatoms. The van der Waals surface area contributed by atoms with Gasteiger partial charge in [-0.25, -0.2) is 0 Å². The molecule has 0 aromatic carbocycles. The quantitative estimate of drug-likeness (QED) is 0.507. The van der Waals surface area contributed by atoms with Gasteiger partial charge in [0.2, 0.25) is 0 Å². The Balaban J connectivity index is 2.22. The van der Waals surface area contributed by atoms with E-state index in [4.69, 9.17) is 4.74 Å². The summed E-state index contributed by atoms with van der Waals surface area (Å²) in [4.78, 5) is 0. The van der Waals surface area contributed by atoms with Gasteiger partial charge in [0.15, 0.2) is 0 Å². The maximum absolute atomic E-state index is 10.2. The molecule has 1 aliphatic rings. The molecule has 0 aliphatic heterocycles. The predicted molar refractivity (Wildman–Crippen MR) is 67.5 cm³/mol. The van der Waals surface area contributed by atoms with Crippen LogP contribution >= 0.6 is 0 Å². The summed E-state index contributed by atoms with van der Waals surface area (Å²) in [6, 6.07) is 0. The highest BCUT2D eigenvalue weighted by Crippen LogP contribution is 2.37. The van der Waals surface area contributed by atoms with Gasteiger partial charge in [0.1, 0.15) is 0 Å². The number of aliphatic hydroxyl groups excluding tert-OH is 1. The molecule has 0 saturated heterocycles. The van der Waals surface area contributed by atoms with Crippen molar-refractivity contribution in [2.24, 2.45) is 0 Å². The maximum atomic E-state index is 10.2. The van der Waals surface area contributed by atoms with Crippen molar-refractivity contribution in [2.75, 3.05) is 7.11 Å². The Labute approximate surface area is 99.7 Å². The van der Waals surface area contributed by atoms with Crippen LogP contribution in [0.1, 0.15) is 57.8 Å². The summed E-state index contributed by atoms with van der Waals surface area (Å²) in [5.41, 5.74) is -0.224. The van der Waals surface area contributed by atoms with E-state index in [1.54, 1.807) is 7.11 Å². The minimum atomic E-state index is -0.274. The van der Waals surface area contributed by atoms with Crippen molar-refractivity contribution in [1.82, 2.24) is 0 Å². The van der Waals surface area contributed by atoms with Crippen LogP contribution in [0.15, 0.2) is 12.7 Å². The van der Waals surface area contributed by atoms with Crippen LogP contribution in [0.4, 0.5) is 0 Å².